The maximum Gasteiger partial charge on any atom is 0.410 e. The molecule has 0 heterocycles. The number of aliphatic imine (C=N–C) groups is 1. The molecule has 0 aromatic heterocycles. The highest BCUT2D eigenvalue weighted by atomic mass is 19.1. The van der Waals surface area contributed by atoms with Gasteiger partial charge in [-0.25, -0.2) is 13.6 Å². The fraction of sp³-hybridized carbons (Fsp3) is 0.579. The third kappa shape index (κ3) is 7.03. The van der Waals surface area contributed by atoms with Gasteiger partial charge in [0.15, 0.2) is 5.96 Å². The van der Waals surface area contributed by atoms with Gasteiger partial charge in [-0.2, -0.15) is 0 Å². The van der Waals surface area contributed by atoms with Gasteiger partial charge >= 0.3 is 6.09 Å². The maximum absolute atomic E-state index is 13.7. The van der Waals surface area contributed by atoms with E-state index in [-0.39, 0.29) is 24.2 Å². The predicted octanol–water partition coefficient (Wildman–Crippen LogP) is 3.03. The van der Waals surface area contributed by atoms with Gasteiger partial charge in [0.25, 0.3) is 0 Å². The number of amides is 1. The molecular formula is C19H28F2N4O2. The topological polar surface area (TPSA) is 66.0 Å². The minimum atomic E-state index is -0.537. The van der Waals surface area contributed by atoms with Crippen molar-refractivity contribution in [1.82, 2.24) is 15.5 Å². The van der Waals surface area contributed by atoms with E-state index in [0.29, 0.717) is 19.0 Å². The third-order valence-corrected chi connectivity index (χ3v) is 3.94. The number of carbonyl (C=O) groups excluding carboxylic acids is 1. The lowest BCUT2D eigenvalue weighted by molar-refractivity contribution is 0.0238. The molecule has 0 radical (unpaired) electrons. The van der Waals surface area contributed by atoms with E-state index >= 15 is 0 Å². The summed E-state index contributed by atoms with van der Waals surface area (Å²) in [6, 6.07) is 3.54. The van der Waals surface area contributed by atoms with E-state index in [9.17, 15) is 13.6 Å². The Balaban J connectivity index is 1.82. The average molecular weight is 382 g/mol. The first kappa shape index (κ1) is 20.9. The van der Waals surface area contributed by atoms with Gasteiger partial charge in [0.05, 0.1) is 0 Å². The zero-order chi connectivity index (χ0) is 20.0. The van der Waals surface area contributed by atoms with E-state index in [1.165, 1.54) is 0 Å². The number of ether oxygens (including phenoxy) is 1. The second-order valence-corrected chi connectivity index (χ2v) is 7.49. The molecular weight excluding hydrogens is 354 g/mol. The van der Waals surface area contributed by atoms with Gasteiger partial charge in [-0.05, 0) is 51.8 Å². The van der Waals surface area contributed by atoms with Crippen molar-refractivity contribution >= 4 is 12.1 Å². The minimum absolute atomic E-state index is 0.0989. The van der Waals surface area contributed by atoms with Gasteiger partial charge in [0.1, 0.15) is 17.2 Å². The molecule has 1 aromatic rings. The number of carbonyl (C=O) groups is 1. The minimum Gasteiger partial charge on any atom is -0.444 e. The summed E-state index contributed by atoms with van der Waals surface area (Å²) < 4.78 is 32.4. The second-order valence-electron chi connectivity index (χ2n) is 7.49. The van der Waals surface area contributed by atoms with E-state index in [2.05, 4.69) is 15.6 Å². The molecule has 0 atom stereocenters. The first-order chi connectivity index (χ1) is 12.7. The summed E-state index contributed by atoms with van der Waals surface area (Å²) in [6.07, 6.45) is 1.63. The second kappa shape index (κ2) is 9.01. The normalized spacial score (nSPS) is 14.7. The van der Waals surface area contributed by atoms with Crippen LogP contribution < -0.4 is 10.6 Å². The highest BCUT2D eigenvalue weighted by molar-refractivity contribution is 5.79. The number of halogens is 2. The molecule has 150 valence electrons. The lowest BCUT2D eigenvalue weighted by Gasteiger charge is -2.27. The number of nitrogens with zero attached hydrogens (tertiary/aromatic N) is 2. The van der Waals surface area contributed by atoms with Crippen LogP contribution in [0, 0.1) is 11.6 Å². The Hall–Kier alpha value is -2.38. The van der Waals surface area contributed by atoms with Crippen LogP contribution in [0.5, 0.6) is 0 Å². The summed E-state index contributed by atoms with van der Waals surface area (Å²) >= 11 is 0. The number of rotatable bonds is 6. The zero-order valence-corrected chi connectivity index (χ0v) is 16.3. The zero-order valence-electron chi connectivity index (χ0n) is 16.3. The smallest absolute Gasteiger partial charge is 0.410 e. The molecule has 2 N–H and O–H groups in total. The first-order valence-electron chi connectivity index (χ1n) is 9.07. The van der Waals surface area contributed by atoms with Crippen molar-refractivity contribution in [2.24, 2.45) is 4.99 Å². The molecule has 0 unspecified atom stereocenters. The van der Waals surface area contributed by atoms with E-state index in [1.54, 1.807) is 11.9 Å². The Morgan fingerprint density at radius 3 is 2.59 bits per heavy atom. The van der Waals surface area contributed by atoms with Crippen molar-refractivity contribution in [3.63, 3.8) is 0 Å². The SMILES string of the molecule is CN=C(NCCN(C(=O)OC(C)(C)C)C1CC1)NCc1cc(F)ccc1F. The van der Waals surface area contributed by atoms with E-state index in [4.69, 9.17) is 4.74 Å². The van der Waals surface area contributed by atoms with Crippen LogP contribution in [0.2, 0.25) is 0 Å². The molecule has 27 heavy (non-hydrogen) atoms. The lowest BCUT2D eigenvalue weighted by Crippen LogP contribution is -2.45. The molecule has 0 spiro atoms. The van der Waals surface area contributed by atoms with Crippen LogP contribution >= 0.6 is 0 Å². The maximum atomic E-state index is 13.7. The van der Waals surface area contributed by atoms with Crippen LogP contribution in [0.3, 0.4) is 0 Å². The molecule has 2 rings (SSSR count). The molecule has 1 amide bonds. The summed E-state index contributed by atoms with van der Waals surface area (Å²) in [5, 5.41) is 6.02. The van der Waals surface area contributed by atoms with E-state index < -0.39 is 17.2 Å². The van der Waals surface area contributed by atoms with Crippen molar-refractivity contribution in [2.45, 2.75) is 51.8 Å². The fourth-order valence-corrected chi connectivity index (χ4v) is 2.50. The molecule has 1 aliphatic carbocycles. The molecule has 1 aromatic carbocycles. The highest BCUT2D eigenvalue weighted by Gasteiger charge is 2.34. The Labute approximate surface area is 159 Å². The van der Waals surface area contributed by atoms with Gasteiger partial charge in [0.2, 0.25) is 0 Å². The predicted molar refractivity (Wildman–Crippen MR) is 101 cm³/mol. The van der Waals surface area contributed by atoms with Crippen LogP contribution in [0.4, 0.5) is 13.6 Å². The molecule has 1 aliphatic rings. The first-order valence-corrected chi connectivity index (χ1v) is 9.07. The standard InChI is InChI=1S/C19H28F2N4O2/c1-19(2,3)27-18(26)25(15-6-7-15)10-9-23-17(22-4)24-12-13-11-14(20)5-8-16(13)21/h5,8,11,15H,6-7,9-10,12H2,1-4H3,(H2,22,23,24). The van der Waals surface area contributed by atoms with Crippen LogP contribution in [-0.2, 0) is 11.3 Å². The molecule has 0 bridgehead atoms. The summed E-state index contributed by atoms with van der Waals surface area (Å²) in [6.45, 7) is 6.54. The monoisotopic (exact) mass is 382 g/mol. The van der Waals surface area contributed by atoms with E-state index in [1.807, 2.05) is 20.8 Å². The molecule has 0 aliphatic heterocycles. The van der Waals surface area contributed by atoms with Crippen LogP contribution in [0.15, 0.2) is 23.2 Å². The molecule has 1 fully saturated rings. The number of hydrogen-bond acceptors (Lipinski definition) is 3. The molecule has 1 saturated carbocycles. The largest absolute Gasteiger partial charge is 0.444 e. The summed E-state index contributed by atoms with van der Waals surface area (Å²) in [5.41, 5.74) is -0.323. The van der Waals surface area contributed by atoms with Crippen molar-refractivity contribution in [2.75, 3.05) is 20.1 Å². The number of guanidine groups is 1. The Morgan fingerprint density at radius 1 is 1.30 bits per heavy atom. The highest BCUT2D eigenvalue weighted by Crippen LogP contribution is 2.28. The number of nitrogens with one attached hydrogen (secondary N) is 2. The van der Waals surface area contributed by atoms with Gasteiger partial charge in [-0.1, -0.05) is 0 Å². The molecule has 0 saturated heterocycles. The Morgan fingerprint density at radius 2 is 2.00 bits per heavy atom. The summed E-state index contributed by atoms with van der Waals surface area (Å²) in [5.74, 6) is -0.531. The average Bonchev–Trinajstić information content (AvgIpc) is 3.40. The van der Waals surface area contributed by atoms with Gasteiger partial charge < -0.3 is 20.3 Å². The van der Waals surface area contributed by atoms with Crippen LogP contribution in [0.1, 0.15) is 39.2 Å². The number of benzene rings is 1. The summed E-state index contributed by atoms with van der Waals surface area (Å²) in [4.78, 5) is 18.1. The van der Waals surface area contributed by atoms with Gasteiger partial charge in [-0.15, -0.1) is 0 Å². The fourth-order valence-electron chi connectivity index (χ4n) is 2.50. The van der Waals surface area contributed by atoms with Crippen molar-refractivity contribution < 1.29 is 18.3 Å². The molecule has 6 nitrogen and oxygen atoms in total. The van der Waals surface area contributed by atoms with Crippen molar-refractivity contribution in [3.05, 3.63) is 35.4 Å². The van der Waals surface area contributed by atoms with Gasteiger partial charge in [0, 0.05) is 38.3 Å². The summed E-state index contributed by atoms with van der Waals surface area (Å²) in [7, 11) is 1.59. The number of hydrogen-bond donors (Lipinski definition) is 2. The van der Waals surface area contributed by atoms with Crippen molar-refractivity contribution in [3.8, 4) is 0 Å². The molecule has 8 heteroatoms. The third-order valence-electron chi connectivity index (χ3n) is 3.94. The Bertz CT molecular complexity index is 685. The van der Waals surface area contributed by atoms with Gasteiger partial charge in [-0.3, -0.25) is 4.99 Å². The lowest BCUT2D eigenvalue weighted by atomic mass is 10.2. The van der Waals surface area contributed by atoms with Crippen LogP contribution in [0.25, 0.3) is 0 Å². The van der Waals surface area contributed by atoms with Crippen molar-refractivity contribution in [1.29, 1.82) is 0 Å². The van der Waals surface area contributed by atoms with Crippen LogP contribution in [-0.4, -0.2) is 48.7 Å². The quantitative estimate of drug-likeness (QED) is 0.586. The Kier molecular flexibility index (Phi) is 6.98. The van der Waals surface area contributed by atoms with E-state index in [0.717, 1.165) is 31.0 Å².